The fourth-order valence-corrected chi connectivity index (χ4v) is 7.28. The third kappa shape index (κ3) is 2.79. The first-order valence-corrected chi connectivity index (χ1v) is 11.9. The van der Waals surface area contributed by atoms with E-state index in [1.165, 1.54) is 5.57 Å². The zero-order valence-corrected chi connectivity index (χ0v) is 19.3. The number of fused-ring (bicyclic) bond motifs is 3. The summed E-state index contributed by atoms with van der Waals surface area (Å²) in [6.45, 7) is 8.91. The minimum absolute atomic E-state index is 0.0332. The van der Waals surface area contributed by atoms with E-state index >= 15 is 0 Å². The molecule has 1 fully saturated rings. The van der Waals surface area contributed by atoms with E-state index in [1.54, 1.807) is 6.08 Å². The molecule has 31 heavy (non-hydrogen) atoms. The molecule has 5 rings (SSSR count). The summed E-state index contributed by atoms with van der Waals surface area (Å²) in [4.78, 5) is 31.3. The Balaban J connectivity index is 1.65. The molecular formula is C26H34NO4-. The van der Waals surface area contributed by atoms with Crippen LogP contribution in [0.5, 0.6) is 0 Å². The van der Waals surface area contributed by atoms with E-state index in [0.717, 1.165) is 54.0 Å². The fraction of sp³-hybridized carbons (Fsp3) is 0.692. The van der Waals surface area contributed by atoms with Crippen molar-refractivity contribution in [3.8, 4) is 0 Å². The SMILES string of the molecule is CC(C)CON([O-])C1CC2=CC(=O)CCC2(C)C2=C1C1=CCC3(C)CCC(=O)C13CC2. The van der Waals surface area contributed by atoms with Gasteiger partial charge in [0.15, 0.2) is 5.78 Å². The number of rotatable bonds is 4. The minimum atomic E-state index is -0.488. The van der Waals surface area contributed by atoms with Gasteiger partial charge in [-0.05, 0) is 67.1 Å². The number of hydrogen-bond donors (Lipinski definition) is 0. The molecule has 0 aromatic carbocycles. The largest absolute Gasteiger partial charge is 0.762 e. The Morgan fingerprint density at radius 2 is 1.94 bits per heavy atom. The Bertz CT molecular complexity index is 943. The van der Waals surface area contributed by atoms with Crippen LogP contribution in [0.15, 0.2) is 34.4 Å². The standard InChI is InChI=1S/C26H34NO4/c1-16(2)15-31-27(30)21-14-17-13-18(28)5-11-25(17,4)19-7-12-26-20(23(19)21)6-9-24(26,3)10-8-22(26)29/h6,13,16,21H,5,7-12,14-15H2,1-4H3/q-1. The molecule has 0 aromatic rings. The summed E-state index contributed by atoms with van der Waals surface area (Å²) in [5.74, 6) is 0.758. The molecule has 4 atom stereocenters. The molecule has 0 aliphatic heterocycles. The van der Waals surface area contributed by atoms with Gasteiger partial charge in [-0.1, -0.05) is 44.9 Å². The van der Waals surface area contributed by atoms with Crippen molar-refractivity contribution in [3.63, 3.8) is 0 Å². The molecule has 0 amide bonds. The summed E-state index contributed by atoms with van der Waals surface area (Å²) in [5.41, 5.74) is 3.86. The lowest BCUT2D eigenvalue weighted by molar-refractivity contribution is -0.151. The molecule has 5 aliphatic carbocycles. The Labute approximate surface area is 185 Å². The Hall–Kier alpha value is -1.56. The molecule has 5 aliphatic rings. The van der Waals surface area contributed by atoms with Gasteiger partial charge in [0.05, 0.1) is 18.1 Å². The number of carbonyl (C=O) groups excluding carboxylic acids is 2. The third-order valence-electron chi connectivity index (χ3n) is 9.11. The highest BCUT2D eigenvalue weighted by Crippen LogP contribution is 2.70. The van der Waals surface area contributed by atoms with Crippen molar-refractivity contribution in [1.82, 2.24) is 5.23 Å². The predicted molar refractivity (Wildman–Crippen MR) is 119 cm³/mol. The van der Waals surface area contributed by atoms with Crippen LogP contribution in [-0.4, -0.2) is 29.4 Å². The van der Waals surface area contributed by atoms with Gasteiger partial charge < -0.3 is 10.0 Å². The zero-order valence-electron chi connectivity index (χ0n) is 19.3. The maximum absolute atomic E-state index is 13.3. The average molecular weight is 425 g/mol. The van der Waals surface area contributed by atoms with Crippen LogP contribution in [0.2, 0.25) is 0 Å². The molecular weight excluding hydrogens is 390 g/mol. The van der Waals surface area contributed by atoms with Crippen molar-refractivity contribution in [3.05, 3.63) is 39.7 Å². The quantitative estimate of drug-likeness (QED) is 0.579. The molecule has 0 N–H and O–H groups in total. The van der Waals surface area contributed by atoms with E-state index in [0.29, 0.717) is 31.7 Å². The molecule has 5 nitrogen and oxygen atoms in total. The molecule has 5 heteroatoms. The highest BCUT2D eigenvalue weighted by Gasteiger charge is 2.65. The highest BCUT2D eigenvalue weighted by molar-refractivity contribution is 5.95. The molecule has 0 saturated heterocycles. The van der Waals surface area contributed by atoms with E-state index in [4.69, 9.17) is 4.84 Å². The van der Waals surface area contributed by atoms with Crippen LogP contribution in [0.3, 0.4) is 0 Å². The van der Waals surface area contributed by atoms with E-state index in [9.17, 15) is 14.8 Å². The van der Waals surface area contributed by atoms with Crippen molar-refractivity contribution >= 4 is 11.6 Å². The molecule has 0 heterocycles. The monoisotopic (exact) mass is 424 g/mol. The van der Waals surface area contributed by atoms with Crippen LogP contribution >= 0.6 is 0 Å². The van der Waals surface area contributed by atoms with Gasteiger partial charge in [0.1, 0.15) is 5.78 Å². The third-order valence-corrected chi connectivity index (χ3v) is 9.11. The van der Waals surface area contributed by atoms with E-state index in [-0.39, 0.29) is 22.5 Å². The molecule has 0 aromatic heterocycles. The Morgan fingerprint density at radius 1 is 1.16 bits per heavy atom. The summed E-state index contributed by atoms with van der Waals surface area (Å²) >= 11 is 0. The van der Waals surface area contributed by atoms with Gasteiger partial charge in [-0.15, -0.1) is 0 Å². The van der Waals surface area contributed by atoms with Crippen LogP contribution in [0, 0.1) is 27.4 Å². The van der Waals surface area contributed by atoms with E-state index in [2.05, 4.69) is 19.9 Å². The number of hydroxylamine groups is 2. The molecule has 1 saturated carbocycles. The van der Waals surface area contributed by atoms with Gasteiger partial charge in [0.25, 0.3) is 0 Å². The normalized spacial score (nSPS) is 39.4. The molecule has 168 valence electrons. The van der Waals surface area contributed by atoms with Gasteiger partial charge in [-0.2, -0.15) is 0 Å². The van der Waals surface area contributed by atoms with Gasteiger partial charge in [-0.3, -0.25) is 14.8 Å². The van der Waals surface area contributed by atoms with Gasteiger partial charge >= 0.3 is 0 Å². The Kier molecular flexibility index (Phi) is 4.79. The maximum Gasteiger partial charge on any atom is 0.155 e. The smallest absolute Gasteiger partial charge is 0.155 e. The van der Waals surface area contributed by atoms with Gasteiger partial charge in [-0.25, -0.2) is 0 Å². The first kappa shape index (κ1) is 21.3. The summed E-state index contributed by atoms with van der Waals surface area (Å²) in [7, 11) is 0. The summed E-state index contributed by atoms with van der Waals surface area (Å²) in [6, 6.07) is -0.488. The predicted octanol–water partition coefficient (Wildman–Crippen LogP) is 5.22. The fourth-order valence-electron chi connectivity index (χ4n) is 7.28. The van der Waals surface area contributed by atoms with E-state index < -0.39 is 11.5 Å². The van der Waals surface area contributed by atoms with Crippen LogP contribution in [-0.2, 0) is 14.4 Å². The summed E-state index contributed by atoms with van der Waals surface area (Å²) < 4.78 is 0. The van der Waals surface area contributed by atoms with Gasteiger partial charge in [0, 0.05) is 18.3 Å². The average Bonchev–Trinajstić information content (AvgIpc) is 3.16. The molecule has 0 radical (unpaired) electrons. The van der Waals surface area contributed by atoms with Crippen molar-refractivity contribution in [2.24, 2.45) is 22.2 Å². The van der Waals surface area contributed by atoms with Crippen molar-refractivity contribution in [1.29, 1.82) is 0 Å². The lowest BCUT2D eigenvalue weighted by Crippen LogP contribution is -2.49. The number of nitrogens with zero attached hydrogens (tertiary/aromatic N) is 1. The zero-order chi connectivity index (χ0) is 22.2. The first-order chi connectivity index (χ1) is 14.6. The second-order valence-electron chi connectivity index (χ2n) is 11.3. The Morgan fingerprint density at radius 3 is 2.68 bits per heavy atom. The minimum Gasteiger partial charge on any atom is -0.762 e. The van der Waals surface area contributed by atoms with Crippen molar-refractivity contribution in [2.75, 3.05) is 6.61 Å². The maximum atomic E-state index is 13.3. The summed E-state index contributed by atoms with van der Waals surface area (Å²) in [6.07, 6.45) is 10.0. The highest BCUT2D eigenvalue weighted by atomic mass is 16.9. The summed E-state index contributed by atoms with van der Waals surface area (Å²) in [5, 5.41) is 14.1. The molecule has 4 unspecified atom stereocenters. The lowest BCUT2D eigenvalue weighted by Gasteiger charge is -2.55. The number of carbonyl (C=O) groups is 2. The first-order valence-electron chi connectivity index (χ1n) is 11.9. The van der Waals surface area contributed by atoms with Crippen LogP contribution in [0.25, 0.3) is 0 Å². The number of ketones is 2. The van der Waals surface area contributed by atoms with E-state index in [1.807, 2.05) is 13.8 Å². The van der Waals surface area contributed by atoms with Crippen molar-refractivity contribution < 1.29 is 14.4 Å². The molecule has 0 bridgehead atoms. The van der Waals surface area contributed by atoms with Crippen molar-refractivity contribution in [2.45, 2.75) is 85.1 Å². The number of allylic oxidation sites excluding steroid dienone is 3. The topological polar surface area (TPSA) is 69.7 Å². The second-order valence-corrected chi connectivity index (χ2v) is 11.3. The van der Waals surface area contributed by atoms with Crippen LogP contribution < -0.4 is 0 Å². The van der Waals surface area contributed by atoms with Gasteiger partial charge in [0.2, 0.25) is 0 Å². The molecule has 1 spiro atoms. The van der Waals surface area contributed by atoms with Crippen LogP contribution in [0.1, 0.15) is 79.1 Å². The lowest BCUT2D eigenvalue weighted by atomic mass is 9.51. The number of hydrogen-bond acceptors (Lipinski definition) is 5. The second kappa shape index (κ2) is 6.97. The number of Topliss-reactive ketones (excluding diaryl/α,β-unsaturated/α-hetero) is 1. The van der Waals surface area contributed by atoms with Crippen LogP contribution in [0.4, 0.5) is 0 Å².